The molecule has 1 aromatic heterocycles. The first-order chi connectivity index (χ1) is 6.75. The van der Waals surface area contributed by atoms with Gasteiger partial charge < -0.3 is 0 Å². The number of pyridine rings is 1. The minimum atomic E-state index is 0.413. The predicted molar refractivity (Wildman–Crippen MR) is 59.7 cm³/mol. The van der Waals surface area contributed by atoms with E-state index in [1.165, 1.54) is 0 Å². The third-order valence-corrected chi connectivity index (χ3v) is 2.26. The highest BCUT2D eigenvalue weighted by atomic mass is 35.5. The number of aromatic nitrogens is 1. The Balaban J connectivity index is 2.52. The Labute approximate surface area is 92.3 Å². The van der Waals surface area contributed by atoms with Gasteiger partial charge >= 0.3 is 0 Å². The van der Waals surface area contributed by atoms with Crippen molar-refractivity contribution in [3.8, 4) is 11.1 Å². The molecule has 0 saturated heterocycles. The van der Waals surface area contributed by atoms with Crippen molar-refractivity contribution in [3.63, 3.8) is 0 Å². The zero-order valence-corrected chi connectivity index (χ0v) is 8.76. The lowest BCUT2D eigenvalue weighted by Crippen LogP contribution is -1.81. The molecule has 0 atom stereocenters. The Bertz CT molecular complexity index is 420. The second-order valence-electron chi connectivity index (χ2n) is 2.87. The molecule has 1 heterocycles. The van der Waals surface area contributed by atoms with Crippen LogP contribution in [0.3, 0.4) is 0 Å². The fourth-order valence-corrected chi connectivity index (χ4v) is 1.72. The van der Waals surface area contributed by atoms with Crippen LogP contribution in [0, 0.1) is 0 Å². The zero-order valence-electron chi connectivity index (χ0n) is 7.24. The van der Waals surface area contributed by atoms with E-state index in [1.54, 1.807) is 12.1 Å². The molecule has 1 aromatic carbocycles. The molecule has 0 amide bonds. The van der Waals surface area contributed by atoms with Crippen molar-refractivity contribution in [2.45, 2.75) is 0 Å². The molecule has 2 aromatic rings. The maximum atomic E-state index is 5.80. The van der Waals surface area contributed by atoms with Crippen molar-refractivity contribution in [2.75, 3.05) is 0 Å². The molecule has 14 heavy (non-hydrogen) atoms. The maximum absolute atomic E-state index is 5.80. The van der Waals surface area contributed by atoms with E-state index in [9.17, 15) is 0 Å². The van der Waals surface area contributed by atoms with Crippen molar-refractivity contribution in [2.24, 2.45) is 0 Å². The molecule has 0 spiro atoms. The number of halogens is 2. The smallest absolute Gasteiger partial charge is 0.131 e. The van der Waals surface area contributed by atoms with Gasteiger partial charge in [-0.25, -0.2) is 4.98 Å². The monoisotopic (exact) mass is 223 g/mol. The van der Waals surface area contributed by atoms with Crippen LogP contribution < -0.4 is 0 Å². The first-order valence-electron chi connectivity index (χ1n) is 4.14. The van der Waals surface area contributed by atoms with E-state index in [2.05, 4.69) is 4.98 Å². The summed E-state index contributed by atoms with van der Waals surface area (Å²) in [6.45, 7) is 0. The molecule has 1 nitrogen and oxygen atoms in total. The Morgan fingerprint density at radius 3 is 1.93 bits per heavy atom. The topological polar surface area (TPSA) is 12.9 Å². The minimum absolute atomic E-state index is 0.413. The highest BCUT2D eigenvalue weighted by Gasteiger charge is 2.00. The van der Waals surface area contributed by atoms with Crippen molar-refractivity contribution < 1.29 is 0 Å². The van der Waals surface area contributed by atoms with Gasteiger partial charge in [0.15, 0.2) is 0 Å². The quantitative estimate of drug-likeness (QED) is 0.665. The molecule has 0 fully saturated rings. The van der Waals surface area contributed by atoms with Gasteiger partial charge in [-0.05, 0) is 23.3 Å². The molecule has 2 rings (SSSR count). The molecule has 0 aliphatic rings. The van der Waals surface area contributed by atoms with Crippen molar-refractivity contribution in [1.29, 1.82) is 0 Å². The number of rotatable bonds is 1. The van der Waals surface area contributed by atoms with Crippen LogP contribution in [0.25, 0.3) is 11.1 Å². The van der Waals surface area contributed by atoms with Gasteiger partial charge in [-0.15, -0.1) is 0 Å². The summed E-state index contributed by atoms with van der Waals surface area (Å²) in [4.78, 5) is 3.89. The summed E-state index contributed by atoms with van der Waals surface area (Å²) in [5.74, 6) is 0. The second kappa shape index (κ2) is 3.99. The predicted octanol–water partition coefficient (Wildman–Crippen LogP) is 4.06. The van der Waals surface area contributed by atoms with Crippen LogP contribution >= 0.6 is 23.2 Å². The first-order valence-corrected chi connectivity index (χ1v) is 4.90. The number of hydrogen-bond donors (Lipinski definition) is 0. The molecule has 0 saturated carbocycles. The average molecular weight is 224 g/mol. The molecule has 0 unspecified atom stereocenters. The summed E-state index contributed by atoms with van der Waals surface area (Å²) >= 11 is 11.6. The van der Waals surface area contributed by atoms with E-state index in [0.717, 1.165) is 11.1 Å². The van der Waals surface area contributed by atoms with Gasteiger partial charge in [-0.3, -0.25) is 0 Å². The van der Waals surface area contributed by atoms with Crippen LogP contribution in [-0.2, 0) is 0 Å². The van der Waals surface area contributed by atoms with E-state index in [0.29, 0.717) is 10.3 Å². The van der Waals surface area contributed by atoms with Crippen molar-refractivity contribution in [1.82, 2.24) is 4.98 Å². The second-order valence-corrected chi connectivity index (χ2v) is 3.64. The van der Waals surface area contributed by atoms with E-state index in [-0.39, 0.29) is 0 Å². The average Bonchev–Trinajstić information content (AvgIpc) is 2.18. The summed E-state index contributed by atoms with van der Waals surface area (Å²) in [5.41, 5.74) is 2.06. The molecule has 3 heteroatoms. The van der Waals surface area contributed by atoms with Gasteiger partial charge in [0.2, 0.25) is 0 Å². The Morgan fingerprint density at radius 1 is 0.786 bits per heavy atom. The van der Waals surface area contributed by atoms with Gasteiger partial charge in [-0.1, -0.05) is 53.5 Å². The van der Waals surface area contributed by atoms with E-state index in [1.807, 2.05) is 30.3 Å². The summed E-state index contributed by atoms with van der Waals surface area (Å²) in [5, 5.41) is 0.827. The lowest BCUT2D eigenvalue weighted by molar-refractivity contribution is 1.33. The third kappa shape index (κ3) is 2.06. The third-order valence-electron chi connectivity index (χ3n) is 1.87. The van der Waals surface area contributed by atoms with Crippen LogP contribution in [0.4, 0.5) is 0 Å². The van der Waals surface area contributed by atoms with Crippen LogP contribution in [0.5, 0.6) is 0 Å². The molecule has 70 valence electrons. The fourth-order valence-electron chi connectivity index (χ4n) is 1.26. The molecule has 0 bridgehead atoms. The molecular weight excluding hydrogens is 217 g/mol. The van der Waals surface area contributed by atoms with E-state index in [4.69, 9.17) is 23.2 Å². The SMILES string of the molecule is Clc1cc(-c2ccccc2)cc(Cl)n1. The summed E-state index contributed by atoms with van der Waals surface area (Å²) in [6.07, 6.45) is 0. The Kier molecular flexibility index (Phi) is 2.71. The Hall–Kier alpha value is -1.05. The van der Waals surface area contributed by atoms with Gasteiger partial charge in [0, 0.05) is 0 Å². The zero-order chi connectivity index (χ0) is 9.97. The van der Waals surface area contributed by atoms with Crippen LogP contribution in [0.15, 0.2) is 42.5 Å². The highest BCUT2D eigenvalue weighted by molar-refractivity contribution is 6.32. The number of benzene rings is 1. The summed E-state index contributed by atoms with van der Waals surface area (Å²) in [7, 11) is 0. The summed E-state index contributed by atoms with van der Waals surface area (Å²) < 4.78 is 0. The largest absolute Gasteiger partial charge is 0.224 e. The van der Waals surface area contributed by atoms with Crippen molar-refractivity contribution in [3.05, 3.63) is 52.8 Å². The van der Waals surface area contributed by atoms with Gasteiger partial charge in [-0.2, -0.15) is 0 Å². The van der Waals surface area contributed by atoms with Crippen LogP contribution in [-0.4, -0.2) is 4.98 Å². The molecule has 0 aliphatic carbocycles. The summed E-state index contributed by atoms with van der Waals surface area (Å²) in [6, 6.07) is 13.5. The molecule has 0 N–H and O–H groups in total. The normalized spacial score (nSPS) is 10.1. The first kappa shape index (κ1) is 9.50. The Morgan fingerprint density at radius 2 is 1.36 bits per heavy atom. The molecule has 0 radical (unpaired) electrons. The molecule has 0 aliphatic heterocycles. The lowest BCUT2D eigenvalue weighted by Gasteiger charge is -2.01. The highest BCUT2D eigenvalue weighted by Crippen LogP contribution is 2.24. The maximum Gasteiger partial charge on any atom is 0.131 e. The number of hydrogen-bond acceptors (Lipinski definition) is 1. The standard InChI is InChI=1S/C11H7Cl2N/c12-10-6-9(7-11(13)14-10)8-4-2-1-3-5-8/h1-7H. The van der Waals surface area contributed by atoms with Gasteiger partial charge in [0.25, 0.3) is 0 Å². The van der Waals surface area contributed by atoms with Crippen LogP contribution in [0.1, 0.15) is 0 Å². The number of nitrogens with zero attached hydrogens (tertiary/aromatic N) is 1. The minimum Gasteiger partial charge on any atom is -0.224 e. The van der Waals surface area contributed by atoms with Crippen molar-refractivity contribution >= 4 is 23.2 Å². The van der Waals surface area contributed by atoms with E-state index < -0.39 is 0 Å². The van der Waals surface area contributed by atoms with Crippen LogP contribution in [0.2, 0.25) is 10.3 Å². The van der Waals surface area contributed by atoms with E-state index >= 15 is 0 Å². The fraction of sp³-hybridized carbons (Fsp3) is 0. The van der Waals surface area contributed by atoms with Gasteiger partial charge in [0.1, 0.15) is 10.3 Å². The molecular formula is C11H7Cl2N. The van der Waals surface area contributed by atoms with Gasteiger partial charge in [0.05, 0.1) is 0 Å². The lowest BCUT2D eigenvalue weighted by atomic mass is 10.1.